The highest BCUT2D eigenvalue weighted by molar-refractivity contribution is 6.14. The van der Waals surface area contributed by atoms with Crippen molar-refractivity contribution in [2.24, 2.45) is 0 Å². The van der Waals surface area contributed by atoms with Crippen LogP contribution >= 0.6 is 0 Å². The van der Waals surface area contributed by atoms with E-state index >= 15 is 0 Å². The quantitative estimate of drug-likeness (QED) is 0.507. The standard InChI is InChI=1S/C9H6F2N2O2/c10-7-1-5(2-8(11)12-7)13-4-6(14)3-9(13)15/h1-2H,3-4H2. The molecule has 0 N–H and O–H groups in total. The lowest BCUT2D eigenvalue weighted by atomic mass is 10.3. The van der Waals surface area contributed by atoms with E-state index in [1.165, 1.54) is 0 Å². The molecule has 1 fully saturated rings. The van der Waals surface area contributed by atoms with Gasteiger partial charge in [0.05, 0.1) is 18.7 Å². The van der Waals surface area contributed by atoms with Gasteiger partial charge in [-0.2, -0.15) is 13.8 Å². The van der Waals surface area contributed by atoms with Gasteiger partial charge in [-0.25, -0.2) is 0 Å². The average molecular weight is 212 g/mol. The van der Waals surface area contributed by atoms with E-state index in [1.54, 1.807) is 0 Å². The van der Waals surface area contributed by atoms with Gasteiger partial charge >= 0.3 is 0 Å². The average Bonchev–Trinajstić information content (AvgIpc) is 2.43. The van der Waals surface area contributed by atoms with Gasteiger partial charge in [0.15, 0.2) is 5.78 Å². The molecule has 2 heterocycles. The summed E-state index contributed by atoms with van der Waals surface area (Å²) in [5.74, 6) is -2.75. The first-order valence-corrected chi connectivity index (χ1v) is 4.21. The van der Waals surface area contributed by atoms with Crippen LogP contribution in [0.5, 0.6) is 0 Å². The van der Waals surface area contributed by atoms with Crippen molar-refractivity contribution < 1.29 is 18.4 Å². The molecule has 1 saturated heterocycles. The fraction of sp³-hybridized carbons (Fsp3) is 0.222. The number of anilines is 1. The number of rotatable bonds is 1. The van der Waals surface area contributed by atoms with Gasteiger partial charge in [0, 0.05) is 12.1 Å². The summed E-state index contributed by atoms with van der Waals surface area (Å²) < 4.78 is 25.5. The number of aromatic nitrogens is 1. The monoisotopic (exact) mass is 212 g/mol. The normalized spacial score (nSPS) is 16.3. The number of halogens is 2. The number of carbonyl (C=O) groups is 2. The molecule has 6 heteroatoms. The topological polar surface area (TPSA) is 50.3 Å². The van der Waals surface area contributed by atoms with Crippen molar-refractivity contribution in [1.29, 1.82) is 0 Å². The molecule has 1 aliphatic heterocycles. The van der Waals surface area contributed by atoms with Crippen LogP contribution in [0.2, 0.25) is 0 Å². The van der Waals surface area contributed by atoms with Crippen molar-refractivity contribution in [2.75, 3.05) is 11.4 Å². The van der Waals surface area contributed by atoms with Gasteiger partial charge in [-0.15, -0.1) is 0 Å². The van der Waals surface area contributed by atoms with Crippen molar-refractivity contribution in [3.05, 3.63) is 24.0 Å². The van der Waals surface area contributed by atoms with Gasteiger partial charge in [0.2, 0.25) is 17.8 Å². The van der Waals surface area contributed by atoms with Crippen molar-refractivity contribution in [3.63, 3.8) is 0 Å². The number of hydrogen-bond acceptors (Lipinski definition) is 3. The van der Waals surface area contributed by atoms with Crippen LogP contribution in [0.25, 0.3) is 0 Å². The Morgan fingerprint density at radius 3 is 2.27 bits per heavy atom. The van der Waals surface area contributed by atoms with Gasteiger partial charge < -0.3 is 4.90 Å². The Balaban J connectivity index is 2.37. The summed E-state index contributed by atoms with van der Waals surface area (Å²) in [5, 5.41) is 0. The molecule has 0 saturated carbocycles. The molecule has 78 valence electrons. The minimum Gasteiger partial charge on any atom is -0.304 e. The first-order valence-electron chi connectivity index (χ1n) is 4.21. The predicted molar refractivity (Wildman–Crippen MR) is 46.1 cm³/mol. The summed E-state index contributed by atoms with van der Waals surface area (Å²) in [6.07, 6.45) is -0.217. The number of hydrogen-bond donors (Lipinski definition) is 0. The molecule has 4 nitrogen and oxygen atoms in total. The largest absolute Gasteiger partial charge is 0.304 e. The lowest BCUT2D eigenvalue weighted by Crippen LogP contribution is -2.24. The number of amides is 1. The zero-order valence-electron chi connectivity index (χ0n) is 7.54. The molecular formula is C9H6F2N2O2. The van der Waals surface area contributed by atoms with Crippen molar-refractivity contribution in [1.82, 2.24) is 4.98 Å². The summed E-state index contributed by atoms with van der Waals surface area (Å²) in [6, 6.07) is 1.83. The molecule has 0 bridgehead atoms. The van der Waals surface area contributed by atoms with Crippen LogP contribution in [-0.4, -0.2) is 23.2 Å². The molecule has 1 aromatic rings. The van der Waals surface area contributed by atoms with E-state index in [2.05, 4.69) is 4.98 Å². The van der Waals surface area contributed by atoms with Crippen LogP contribution in [0.3, 0.4) is 0 Å². The van der Waals surface area contributed by atoms with Gasteiger partial charge in [-0.1, -0.05) is 0 Å². The van der Waals surface area contributed by atoms with Gasteiger partial charge in [0.25, 0.3) is 0 Å². The second-order valence-electron chi connectivity index (χ2n) is 3.17. The fourth-order valence-electron chi connectivity index (χ4n) is 1.43. The van der Waals surface area contributed by atoms with Crippen molar-refractivity contribution in [2.45, 2.75) is 6.42 Å². The van der Waals surface area contributed by atoms with E-state index in [0.717, 1.165) is 17.0 Å². The molecule has 1 aromatic heterocycles. The first kappa shape index (κ1) is 9.70. The van der Waals surface area contributed by atoms with Crippen LogP contribution in [0.1, 0.15) is 6.42 Å². The van der Waals surface area contributed by atoms with Gasteiger partial charge in [0.1, 0.15) is 0 Å². The zero-order chi connectivity index (χ0) is 11.0. The lowest BCUT2D eigenvalue weighted by molar-refractivity contribution is -0.121. The maximum absolute atomic E-state index is 12.7. The van der Waals surface area contributed by atoms with E-state index in [1.807, 2.05) is 0 Å². The molecule has 0 radical (unpaired) electrons. The van der Waals surface area contributed by atoms with Crippen LogP contribution < -0.4 is 4.90 Å². The number of nitrogens with zero attached hydrogens (tertiary/aromatic N) is 2. The summed E-state index contributed by atoms with van der Waals surface area (Å²) in [5.41, 5.74) is 0.0239. The maximum Gasteiger partial charge on any atom is 0.234 e. The number of ketones is 1. The second-order valence-corrected chi connectivity index (χ2v) is 3.17. The number of Topliss-reactive ketones (excluding diaryl/α,β-unsaturated/α-hetero) is 1. The van der Waals surface area contributed by atoms with Crippen LogP contribution in [0, 0.1) is 11.9 Å². The minimum atomic E-state index is -1.02. The Hall–Kier alpha value is -1.85. The molecule has 15 heavy (non-hydrogen) atoms. The molecular weight excluding hydrogens is 206 g/mol. The summed E-state index contributed by atoms with van der Waals surface area (Å²) >= 11 is 0. The Morgan fingerprint density at radius 1 is 1.20 bits per heavy atom. The van der Waals surface area contributed by atoms with Crippen molar-refractivity contribution in [3.8, 4) is 0 Å². The molecule has 1 amide bonds. The second kappa shape index (κ2) is 3.38. The number of carbonyl (C=O) groups excluding carboxylic acids is 2. The Morgan fingerprint density at radius 2 is 1.80 bits per heavy atom. The van der Waals surface area contributed by atoms with Crippen LogP contribution in [0.4, 0.5) is 14.5 Å². The predicted octanol–water partition coefficient (Wildman–Crippen LogP) is 0.666. The van der Waals surface area contributed by atoms with E-state index < -0.39 is 17.8 Å². The SMILES string of the molecule is O=C1CC(=O)N(c2cc(F)nc(F)c2)C1. The fourth-order valence-corrected chi connectivity index (χ4v) is 1.43. The molecule has 0 unspecified atom stereocenters. The third-order valence-corrected chi connectivity index (χ3v) is 2.04. The Kier molecular flexibility index (Phi) is 2.18. The molecule has 0 aromatic carbocycles. The van der Waals surface area contributed by atoms with Crippen molar-refractivity contribution >= 4 is 17.4 Å². The van der Waals surface area contributed by atoms with E-state index in [0.29, 0.717) is 0 Å². The molecule has 1 aliphatic rings. The first-order chi connectivity index (χ1) is 7.06. The third-order valence-electron chi connectivity index (χ3n) is 2.04. The molecule has 0 spiro atoms. The maximum atomic E-state index is 12.7. The molecule has 2 rings (SSSR count). The highest BCUT2D eigenvalue weighted by Crippen LogP contribution is 2.20. The summed E-state index contributed by atoms with van der Waals surface area (Å²) in [4.78, 5) is 26.1. The van der Waals surface area contributed by atoms with E-state index in [4.69, 9.17) is 0 Å². The smallest absolute Gasteiger partial charge is 0.234 e. The van der Waals surface area contributed by atoms with Gasteiger partial charge in [-0.05, 0) is 0 Å². The van der Waals surface area contributed by atoms with Crippen LogP contribution in [0.15, 0.2) is 12.1 Å². The highest BCUT2D eigenvalue weighted by atomic mass is 19.1. The van der Waals surface area contributed by atoms with E-state index in [-0.39, 0.29) is 24.4 Å². The Labute approximate surface area is 83.5 Å². The van der Waals surface area contributed by atoms with E-state index in [9.17, 15) is 18.4 Å². The van der Waals surface area contributed by atoms with Crippen LogP contribution in [-0.2, 0) is 9.59 Å². The summed E-state index contributed by atoms with van der Waals surface area (Å²) in [7, 11) is 0. The molecule has 0 aliphatic carbocycles. The van der Waals surface area contributed by atoms with Gasteiger partial charge in [-0.3, -0.25) is 9.59 Å². The summed E-state index contributed by atoms with van der Waals surface area (Å²) in [6.45, 7) is -0.137. The highest BCUT2D eigenvalue weighted by Gasteiger charge is 2.29. The zero-order valence-corrected chi connectivity index (χ0v) is 7.54. The number of pyridine rings is 1. The Bertz CT molecular complexity index is 427. The lowest BCUT2D eigenvalue weighted by Gasteiger charge is -2.13. The third kappa shape index (κ3) is 1.83. The molecule has 0 atom stereocenters. The minimum absolute atomic E-state index is 0.0239.